The van der Waals surface area contributed by atoms with Crippen molar-refractivity contribution in [2.24, 2.45) is 5.84 Å². The Morgan fingerprint density at radius 3 is 2.67 bits per heavy atom. The van der Waals surface area contributed by atoms with E-state index in [9.17, 15) is 4.79 Å². The lowest BCUT2D eigenvalue weighted by atomic mass is 10.2. The molecule has 12 heavy (non-hydrogen) atoms. The van der Waals surface area contributed by atoms with E-state index in [1.165, 1.54) is 12.1 Å². The number of anilines is 1. The number of hydrazine groups is 1. The first kappa shape index (κ1) is 9.02. The van der Waals surface area contributed by atoms with E-state index in [2.05, 4.69) is 21.4 Å². The zero-order valence-electron chi connectivity index (χ0n) is 6.04. The molecule has 0 radical (unpaired) electrons. The van der Waals surface area contributed by atoms with Gasteiger partial charge in [-0.25, -0.2) is 4.79 Å². The minimum atomic E-state index is -0.959. The Bertz CT molecular complexity index is 314. The quantitative estimate of drug-likeness (QED) is 0.531. The fourth-order valence-electron chi connectivity index (χ4n) is 0.765. The lowest BCUT2D eigenvalue weighted by Gasteiger charge is -2.03. The van der Waals surface area contributed by atoms with Crippen LogP contribution in [-0.2, 0) is 0 Å². The van der Waals surface area contributed by atoms with E-state index in [-0.39, 0.29) is 5.56 Å². The second kappa shape index (κ2) is 3.55. The first-order valence-corrected chi connectivity index (χ1v) is 3.94. The van der Waals surface area contributed by atoms with Gasteiger partial charge in [-0.2, -0.15) is 0 Å². The Hall–Kier alpha value is -1.07. The van der Waals surface area contributed by atoms with Gasteiger partial charge >= 0.3 is 5.97 Å². The van der Waals surface area contributed by atoms with Gasteiger partial charge in [0.05, 0.1) is 11.3 Å². The number of nitrogens with one attached hydrogen (secondary N) is 1. The number of carboxylic acid groups (broad SMARTS) is 1. The lowest BCUT2D eigenvalue weighted by Crippen LogP contribution is -2.07. The summed E-state index contributed by atoms with van der Waals surface area (Å²) < 4.78 is 0.630. The summed E-state index contributed by atoms with van der Waals surface area (Å²) in [4.78, 5) is 10.5. The van der Waals surface area contributed by atoms with Crippen molar-refractivity contribution in [3.05, 3.63) is 28.2 Å². The van der Waals surface area contributed by atoms with Gasteiger partial charge in [0, 0.05) is 4.47 Å². The molecule has 5 heteroatoms. The molecule has 0 aliphatic carbocycles. The van der Waals surface area contributed by atoms with Crippen molar-refractivity contribution in [2.75, 3.05) is 5.43 Å². The summed E-state index contributed by atoms with van der Waals surface area (Å²) in [6, 6.07) is 4.55. The average molecular weight is 231 g/mol. The van der Waals surface area contributed by atoms with E-state index in [4.69, 9.17) is 10.9 Å². The summed E-state index contributed by atoms with van der Waals surface area (Å²) in [6.45, 7) is 0. The van der Waals surface area contributed by atoms with Crippen LogP contribution in [-0.4, -0.2) is 11.1 Å². The maximum Gasteiger partial charge on any atom is 0.335 e. The number of benzene rings is 1. The van der Waals surface area contributed by atoms with E-state index in [1.807, 2.05) is 0 Å². The summed E-state index contributed by atoms with van der Waals surface area (Å²) in [5.41, 5.74) is 3.30. The van der Waals surface area contributed by atoms with Crippen molar-refractivity contribution in [1.29, 1.82) is 0 Å². The molecular formula is C7H7BrN2O2. The highest BCUT2D eigenvalue weighted by Crippen LogP contribution is 2.22. The van der Waals surface area contributed by atoms with Gasteiger partial charge < -0.3 is 10.5 Å². The van der Waals surface area contributed by atoms with E-state index < -0.39 is 5.97 Å². The lowest BCUT2D eigenvalue weighted by molar-refractivity contribution is 0.0697. The van der Waals surface area contributed by atoms with Crippen LogP contribution in [0.2, 0.25) is 0 Å². The molecule has 4 nitrogen and oxygen atoms in total. The third-order valence-electron chi connectivity index (χ3n) is 1.37. The number of hydrogen-bond donors (Lipinski definition) is 3. The number of carbonyl (C=O) groups is 1. The van der Waals surface area contributed by atoms with Gasteiger partial charge in [-0.1, -0.05) is 0 Å². The molecular weight excluding hydrogens is 224 g/mol. The molecule has 0 spiro atoms. The standard InChI is InChI=1S/C7H7BrN2O2/c8-5-3-4(7(11)12)1-2-6(5)10-9/h1-3,10H,9H2,(H,11,12). The van der Waals surface area contributed by atoms with Crippen LogP contribution in [0, 0.1) is 0 Å². The summed E-state index contributed by atoms with van der Waals surface area (Å²) in [5.74, 6) is 4.19. The topological polar surface area (TPSA) is 75.3 Å². The third-order valence-corrected chi connectivity index (χ3v) is 2.03. The van der Waals surface area contributed by atoms with E-state index >= 15 is 0 Å². The molecule has 0 aromatic heterocycles. The van der Waals surface area contributed by atoms with Crippen LogP contribution >= 0.6 is 15.9 Å². The van der Waals surface area contributed by atoms with Gasteiger partial charge in [0.1, 0.15) is 0 Å². The molecule has 0 heterocycles. The van der Waals surface area contributed by atoms with Crippen LogP contribution < -0.4 is 11.3 Å². The van der Waals surface area contributed by atoms with Crippen molar-refractivity contribution in [3.8, 4) is 0 Å². The fourth-order valence-corrected chi connectivity index (χ4v) is 1.26. The fraction of sp³-hybridized carbons (Fsp3) is 0. The predicted octanol–water partition coefficient (Wildman–Crippen LogP) is 1.43. The minimum Gasteiger partial charge on any atom is -0.478 e. The van der Waals surface area contributed by atoms with Gasteiger partial charge in [-0.05, 0) is 34.1 Å². The van der Waals surface area contributed by atoms with Crippen LogP contribution in [0.5, 0.6) is 0 Å². The van der Waals surface area contributed by atoms with E-state index in [1.54, 1.807) is 6.07 Å². The second-order valence-corrected chi connectivity index (χ2v) is 3.00. The third kappa shape index (κ3) is 1.75. The largest absolute Gasteiger partial charge is 0.478 e. The Labute approximate surface area is 77.5 Å². The Morgan fingerprint density at radius 2 is 2.25 bits per heavy atom. The van der Waals surface area contributed by atoms with Crippen molar-refractivity contribution < 1.29 is 9.90 Å². The van der Waals surface area contributed by atoms with Crippen molar-refractivity contribution in [2.45, 2.75) is 0 Å². The van der Waals surface area contributed by atoms with Crippen LogP contribution in [0.3, 0.4) is 0 Å². The molecule has 0 aliphatic rings. The zero-order chi connectivity index (χ0) is 9.14. The number of halogens is 1. The van der Waals surface area contributed by atoms with Gasteiger partial charge in [0.25, 0.3) is 0 Å². The van der Waals surface area contributed by atoms with Crippen LogP contribution in [0.15, 0.2) is 22.7 Å². The van der Waals surface area contributed by atoms with E-state index in [0.29, 0.717) is 10.2 Å². The van der Waals surface area contributed by atoms with Gasteiger partial charge in [0.15, 0.2) is 0 Å². The predicted molar refractivity (Wildman–Crippen MR) is 48.9 cm³/mol. The first-order valence-electron chi connectivity index (χ1n) is 3.14. The molecule has 0 unspecified atom stereocenters. The molecule has 1 rings (SSSR count). The van der Waals surface area contributed by atoms with Crippen molar-refractivity contribution in [3.63, 3.8) is 0 Å². The molecule has 64 valence electrons. The number of nitrogen functional groups attached to an aromatic ring is 1. The number of hydrogen-bond acceptors (Lipinski definition) is 3. The second-order valence-electron chi connectivity index (χ2n) is 2.14. The normalized spacial score (nSPS) is 9.50. The molecule has 0 aliphatic heterocycles. The molecule has 0 saturated heterocycles. The molecule has 0 saturated carbocycles. The van der Waals surface area contributed by atoms with Gasteiger partial charge in [-0.3, -0.25) is 5.84 Å². The highest BCUT2D eigenvalue weighted by molar-refractivity contribution is 9.10. The molecule has 0 atom stereocenters. The van der Waals surface area contributed by atoms with E-state index in [0.717, 1.165) is 0 Å². The monoisotopic (exact) mass is 230 g/mol. The maximum atomic E-state index is 10.5. The van der Waals surface area contributed by atoms with Crippen molar-refractivity contribution >= 4 is 27.6 Å². The summed E-state index contributed by atoms with van der Waals surface area (Å²) in [5, 5.41) is 8.60. The zero-order valence-corrected chi connectivity index (χ0v) is 7.63. The molecule has 4 N–H and O–H groups in total. The van der Waals surface area contributed by atoms with Crippen LogP contribution in [0.4, 0.5) is 5.69 Å². The summed E-state index contributed by atoms with van der Waals surface area (Å²) in [6.07, 6.45) is 0. The highest BCUT2D eigenvalue weighted by atomic mass is 79.9. The summed E-state index contributed by atoms with van der Waals surface area (Å²) in [7, 11) is 0. The smallest absolute Gasteiger partial charge is 0.335 e. The molecule has 0 bridgehead atoms. The molecule has 1 aromatic rings. The minimum absolute atomic E-state index is 0.223. The van der Waals surface area contributed by atoms with Crippen LogP contribution in [0.25, 0.3) is 0 Å². The maximum absolute atomic E-state index is 10.5. The highest BCUT2D eigenvalue weighted by Gasteiger charge is 2.04. The average Bonchev–Trinajstić information content (AvgIpc) is 2.04. The number of nitrogens with two attached hydrogens (primary N) is 1. The summed E-state index contributed by atoms with van der Waals surface area (Å²) >= 11 is 3.17. The molecule has 1 aromatic carbocycles. The van der Waals surface area contributed by atoms with Gasteiger partial charge in [-0.15, -0.1) is 0 Å². The SMILES string of the molecule is NNc1ccc(C(=O)O)cc1Br. The van der Waals surface area contributed by atoms with Gasteiger partial charge in [0.2, 0.25) is 0 Å². The van der Waals surface area contributed by atoms with Crippen molar-refractivity contribution in [1.82, 2.24) is 0 Å². The Balaban J connectivity index is 3.10. The molecule has 0 fully saturated rings. The number of aromatic carboxylic acids is 1. The Morgan fingerprint density at radius 1 is 1.58 bits per heavy atom. The van der Waals surface area contributed by atoms with Crippen LogP contribution in [0.1, 0.15) is 10.4 Å². The number of rotatable bonds is 2. The molecule has 0 amide bonds. The number of carboxylic acids is 1. The Kier molecular flexibility index (Phi) is 2.67. The first-order chi connectivity index (χ1) is 5.65.